The van der Waals surface area contributed by atoms with Crippen molar-refractivity contribution in [1.29, 1.82) is 0 Å². The molecule has 1 aliphatic rings. The fourth-order valence-electron chi connectivity index (χ4n) is 1.72. The molecule has 0 spiro atoms. The van der Waals surface area contributed by atoms with E-state index in [4.69, 9.17) is 0 Å². The Bertz CT molecular complexity index is 471. The van der Waals surface area contributed by atoms with Gasteiger partial charge in [-0.25, -0.2) is 8.42 Å². The Kier molecular flexibility index (Phi) is 5.42. The van der Waals surface area contributed by atoms with Gasteiger partial charge in [0.2, 0.25) is 0 Å². The van der Waals surface area contributed by atoms with E-state index in [-0.39, 0.29) is 18.4 Å². The summed E-state index contributed by atoms with van der Waals surface area (Å²) in [6.45, 7) is 1.63. The second-order valence-corrected chi connectivity index (χ2v) is 8.41. The second kappa shape index (κ2) is 5.99. The molecule has 0 aromatic carbocycles. The number of nitrogens with one attached hydrogen (secondary N) is 1. The predicted octanol–water partition coefficient (Wildman–Crippen LogP) is 1.91. The highest BCUT2D eigenvalue weighted by Crippen LogP contribution is 2.29. The minimum atomic E-state index is -3.32. The predicted molar refractivity (Wildman–Crippen MR) is 75.5 cm³/mol. The van der Waals surface area contributed by atoms with E-state index in [0.29, 0.717) is 4.21 Å². The smallest absolute Gasteiger partial charge is 0.252 e. The lowest BCUT2D eigenvalue weighted by atomic mass is 10.3. The van der Waals surface area contributed by atoms with Gasteiger partial charge in [-0.3, -0.25) is 0 Å². The minimum absolute atomic E-state index is 0. The Balaban J connectivity index is 0.00000144. The molecule has 8 heteroatoms. The van der Waals surface area contributed by atoms with Crippen LogP contribution in [0.2, 0.25) is 0 Å². The van der Waals surface area contributed by atoms with Crippen molar-refractivity contribution in [3.05, 3.63) is 15.9 Å². The van der Waals surface area contributed by atoms with Crippen LogP contribution in [0.3, 0.4) is 0 Å². The van der Waals surface area contributed by atoms with E-state index < -0.39 is 10.0 Å². The molecule has 1 fully saturated rings. The van der Waals surface area contributed by atoms with E-state index in [1.165, 1.54) is 15.6 Å². The summed E-state index contributed by atoms with van der Waals surface area (Å²) in [5.74, 6) is 0. The van der Waals surface area contributed by atoms with Crippen LogP contribution >= 0.6 is 39.7 Å². The highest BCUT2D eigenvalue weighted by molar-refractivity contribution is 9.11. The maximum absolute atomic E-state index is 12.2. The summed E-state index contributed by atoms with van der Waals surface area (Å²) < 4.78 is 27.2. The lowest BCUT2D eigenvalue weighted by Gasteiger charge is -2.22. The van der Waals surface area contributed by atoms with Gasteiger partial charge in [-0.2, -0.15) is 4.31 Å². The molecule has 17 heavy (non-hydrogen) atoms. The molecule has 1 aromatic rings. The van der Waals surface area contributed by atoms with Crippen molar-refractivity contribution in [2.24, 2.45) is 0 Å². The van der Waals surface area contributed by atoms with Crippen LogP contribution in [0.4, 0.5) is 0 Å². The summed E-state index contributed by atoms with van der Waals surface area (Å²) in [5, 5.41) is 3.17. The molecule has 98 valence electrons. The summed E-state index contributed by atoms with van der Waals surface area (Å²) in [4.78, 5) is 0. The Morgan fingerprint density at radius 2 is 2.24 bits per heavy atom. The number of nitrogens with zero attached hydrogens (tertiary/aromatic N) is 1. The Morgan fingerprint density at radius 3 is 2.71 bits per heavy atom. The van der Waals surface area contributed by atoms with Crippen LogP contribution in [0.15, 0.2) is 20.1 Å². The number of hydrogen-bond donors (Lipinski definition) is 1. The zero-order valence-electron chi connectivity index (χ0n) is 9.22. The highest BCUT2D eigenvalue weighted by Gasteiger charge is 2.30. The van der Waals surface area contributed by atoms with Crippen LogP contribution < -0.4 is 5.32 Å². The first-order chi connectivity index (χ1) is 7.51. The number of thiophene rings is 1. The van der Waals surface area contributed by atoms with Crippen LogP contribution in [0.1, 0.15) is 6.42 Å². The van der Waals surface area contributed by atoms with Gasteiger partial charge in [-0.1, -0.05) is 0 Å². The largest absolute Gasteiger partial charge is 0.315 e. The second-order valence-electron chi connectivity index (χ2n) is 3.73. The monoisotopic (exact) mass is 360 g/mol. The third-order valence-electron chi connectivity index (χ3n) is 2.73. The molecular weight excluding hydrogens is 348 g/mol. The van der Waals surface area contributed by atoms with Crippen LogP contribution in [-0.4, -0.2) is 38.9 Å². The molecule has 0 bridgehead atoms. The molecule has 1 aromatic heterocycles. The van der Waals surface area contributed by atoms with E-state index in [1.54, 1.807) is 19.2 Å². The third kappa shape index (κ3) is 3.21. The number of likely N-dealkylation sites (N-methyl/N-ethyl adjacent to an activating group) is 1. The average molecular weight is 362 g/mol. The Morgan fingerprint density at radius 1 is 1.53 bits per heavy atom. The first kappa shape index (κ1) is 15.4. The number of rotatable bonds is 3. The van der Waals surface area contributed by atoms with Crippen molar-refractivity contribution in [2.45, 2.75) is 16.7 Å². The number of hydrogen-bond acceptors (Lipinski definition) is 4. The van der Waals surface area contributed by atoms with Gasteiger partial charge < -0.3 is 5.32 Å². The van der Waals surface area contributed by atoms with Crippen LogP contribution in [-0.2, 0) is 10.0 Å². The van der Waals surface area contributed by atoms with Gasteiger partial charge in [0.25, 0.3) is 10.0 Å². The third-order valence-corrected chi connectivity index (χ3v) is 6.73. The van der Waals surface area contributed by atoms with Crippen molar-refractivity contribution in [1.82, 2.24) is 9.62 Å². The summed E-state index contributed by atoms with van der Waals surface area (Å²) in [6, 6.07) is 3.48. The van der Waals surface area contributed by atoms with Crippen LogP contribution in [0.25, 0.3) is 0 Å². The van der Waals surface area contributed by atoms with Crippen LogP contribution in [0.5, 0.6) is 0 Å². The molecule has 1 saturated heterocycles. The maximum atomic E-state index is 12.2. The lowest BCUT2D eigenvalue weighted by Crippen LogP contribution is -2.37. The van der Waals surface area contributed by atoms with Gasteiger partial charge in [0.05, 0.1) is 3.79 Å². The van der Waals surface area contributed by atoms with Gasteiger partial charge in [-0.15, -0.1) is 23.7 Å². The standard InChI is InChI=1S/C9H13BrN2O2S2.ClH/c1-12(7-4-5-11-6-7)16(13,14)9-3-2-8(10)15-9;/h2-3,7,11H,4-6H2,1H3;1H. The molecule has 0 saturated carbocycles. The first-order valence-corrected chi connectivity index (χ1v) is 8.01. The molecule has 2 heterocycles. The first-order valence-electron chi connectivity index (χ1n) is 4.96. The number of sulfonamides is 1. The van der Waals surface area contributed by atoms with Crippen LogP contribution in [0, 0.1) is 0 Å². The molecule has 1 N–H and O–H groups in total. The van der Waals surface area contributed by atoms with E-state index in [0.717, 1.165) is 23.3 Å². The Hall–Kier alpha value is 0.340. The summed E-state index contributed by atoms with van der Waals surface area (Å²) in [5.41, 5.74) is 0. The molecule has 1 unspecified atom stereocenters. The quantitative estimate of drug-likeness (QED) is 0.895. The lowest BCUT2D eigenvalue weighted by molar-refractivity contribution is 0.389. The molecule has 0 aliphatic carbocycles. The van der Waals surface area contributed by atoms with Crippen molar-refractivity contribution in [2.75, 3.05) is 20.1 Å². The average Bonchev–Trinajstić information content (AvgIpc) is 2.86. The molecule has 4 nitrogen and oxygen atoms in total. The van der Waals surface area contributed by atoms with E-state index >= 15 is 0 Å². The van der Waals surface area contributed by atoms with Gasteiger partial charge in [0, 0.05) is 19.6 Å². The van der Waals surface area contributed by atoms with Crippen molar-refractivity contribution in [3.63, 3.8) is 0 Å². The molecule has 1 atom stereocenters. The molecule has 1 aliphatic heterocycles. The van der Waals surface area contributed by atoms with Crippen molar-refractivity contribution < 1.29 is 8.42 Å². The Labute approximate surface area is 120 Å². The fourth-order valence-corrected chi connectivity index (χ4v) is 5.30. The van der Waals surface area contributed by atoms with E-state index in [2.05, 4.69) is 21.2 Å². The minimum Gasteiger partial charge on any atom is -0.315 e. The van der Waals surface area contributed by atoms with E-state index in [9.17, 15) is 8.42 Å². The zero-order chi connectivity index (χ0) is 11.8. The van der Waals surface area contributed by atoms with E-state index in [1.807, 2.05) is 0 Å². The topological polar surface area (TPSA) is 49.4 Å². The maximum Gasteiger partial charge on any atom is 0.252 e. The highest BCUT2D eigenvalue weighted by atomic mass is 79.9. The van der Waals surface area contributed by atoms with Crippen molar-refractivity contribution >= 4 is 49.7 Å². The molecule has 2 rings (SSSR count). The fraction of sp³-hybridized carbons (Fsp3) is 0.556. The summed E-state index contributed by atoms with van der Waals surface area (Å²) in [7, 11) is -1.67. The zero-order valence-corrected chi connectivity index (χ0v) is 13.3. The summed E-state index contributed by atoms with van der Waals surface area (Å²) >= 11 is 4.53. The molecule has 0 amide bonds. The van der Waals surface area contributed by atoms with Gasteiger partial charge in [0.1, 0.15) is 4.21 Å². The molecular formula is C9H14BrClN2O2S2. The summed E-state index contributed by atoms with van der Waals surface area (Å²) in [6.07, 6.45) is 0.877. The van der Waals surface area contributed by atoms with Gasteiger partial charge >= 0.3 is 0 Å². The SMILES string of the molecule is CN(C1CCNC1)S(=O)(=O)c1ccc(Br)s1.Cl. The normalized spacial score (nSPS) is 20.5. The molecule has 0 radical (unpaired) electrons. The van der Waals surface area contributed by atoms with Gasteiger partial charge in [-0.05, 0) is 41.0 Å². The van der Waals surface area contributed by atoms with Gasteiger partial charge in [0.15, 0.2) is 0 Å². The van der Waals surface area contributed by atoms with Crippen molar-refractivity contribution in [3.8, 4) is 0 Å². The number of halogens is 2.